The van der Waals surface area contributed by atoms with E-state index in [1.165, 1.54) is 50.5 Å². The topological polar surface area (TPSA) is 37.3 Å². The molecule has 0 amide bonds. The van der Waals surface area contributed by atoms with Gasteiger partial charge in [0.1, 0.15) is 5.78 Å². The summed E-state index contributed by atoms with van der Waals surface area (Å²) >= 11 is 0. The van der Waals surface area contributed by atoms with E-state index < -0.39 is 6.10 Å². The molecule has 0 saturated heterocycles. The Morgan fingerprint density at radius 1 is 0.875 bits per heavy atom. The second-order valence-electron chi connectivity index (χ2n) is 14.6. The Morgan fingerprint density at radius 2 is 1.56 bits per heavy atom. The first-order valence-corrected chi connectivity index (χ1v) is 13.6. The number of hydrogen-bond acceptors (Lipinski definition) is 2. The molecule has 0 bridgehead atoms. The van der Waals surface area contributed by atoms with Crippen LogP contribution in [0.2, 0.25) is 0 Å². The highest BCUT2D eigenvalue weighted by atomic mass is 16.3. The van der Waals surface area contributed by atoms with Gasteiger partial charge in [-0.2, -0.15) is 0 Å². The van der Waals surface area contributed by atoms with Crippen molar-refractivity contribution in [3.05, 3.63) is 12.2 Å². The van der Waals surface area contributed by atoms with E-state index in [1.54, 1.807) is 0 Å². The standard InChI is InChI=1S/C30H48O2/c1-18(2)19-11-13-27(5)15-16-28(6)20(25(19)27)9-10-22-29(28,7)14-12-21-26(3,4)23(31)17-24(32)30(21,22)8/h19-23,25,31H,1,9-17H2,2-8H3/t19-,20+,21+,22+,23-,25+,27+,28+,29+,30-/m0/s1. The first-order valence-electron chi connectivity index (χ1n) is 13.6. The van der Waals surface area contributed by atoms with Gasteiger partial charge in [0.15, 0.2) is 0 Å². The Labute approximate surface area is 197 Å². The molecule has 1 N–H and O–H groups in total. The van der Waals surface area contributed by atoms with Crippen LogP contribution in [0.4, 0.5) is 0 Å². The van der Waals surface area contributed by atoms with Gasteiger partial charge >= 0.3 is 0 Å². The Kier molecular flexibility index (Phi) is 4.87. The monoisotopic (exact) mass is 440 g/mol. The lowest BCUT2D eigenvalue weighted by Crippen LogP contribution is -2.68. The molecule has 0 unspecified atom stereocenters. The van der Waals surface area contributed by atoms with Crippen LogP contribution in [-0.2, 0) is 4.79 Å². The van der Waals surface area contributed by atoms with Crippen LogP contribution in [-0.4, -0.2) is 17.0 Å². The number of allylic oxidation sites excluding steroid dienone is 1. The van der Waals surface area contributed by atoms with Crippen molar-refractivity contribution in [2.45, 2.75) is 112 Å². The highest BCUT2D eigenvalue weighted by Crippen LogP contribution is 2.77. The summed E-state index contributed by atoms with van der Waals surface area (Å²) in [4.78, 5) is 13.7. The number of Topliss-reactive ketones (excluding diaryl/α,β-unsaturated/α-hetero) is 1. The molecule has 2 heteroatoms. The largest absolute Gasteiger partial charge is 0.392 e. The number of rotatable bonds is 1. The molecular formula is C30H48O2. The van der Waals surface area contributed by atoms with Crippen molar-refractivity contribution < 1.29 is 9.90 Å². The van der Waals surface area contributed by atoms with E-state index in [0.29, 0.717) is 40.8 Å². The fourth-order valence-electron chi connectivity index (χ4n) is 11.2. The van der Waals surface area contributed by atoms with Crippen LogP contribution in [0.1, 0.15) is 106 Å². The number of aliphatic hydroxyl groups excluding tert-OH is 1. The van der Waals surface area contributed by atoms with Gasteiger partial charge in [-0.3, -0.25) is 4.79 Å². The number of aliphatic hydroxyl groups is 1. The zero-order valence-corrected chi connectivity index (χ0v) is 21.9. The molecule has 5 fully saturated rings. The normalized spacial score (nSPS) is 56.6. The van der Waals surface area contributed by atoms with Gasteiger partial charge < -0.3 is 5.11 Å². The lowest BCUT2D eigenvalue weighted by molar-refractivity contribution is -0.238. The fourth-order valence-corrected chi connectivity index (χ4v) is 11.2. The van der Waals surface area contributed by atoms with Crippen molar-refractivity contribution in [1.29, 1.82) is 0 Å². The van der Waals surface area contributed by atoms with E-state index >= 15 is 0 Å². The molecule has 0 radical (unpaired) electrons. The summed E-state index contributed by atoms with van der Waals surface area (Å²) in [6.45, 7) is 21.3. The third-order valence-electron chi connectivity index (χ3n) is 13.3. The van der Waals surface area contributed by atoms with Crippen LogP contribution in [0, 0.1) is 56.7 Å². The maximum absolute atomic E-state index is 13.7. The van der Waals surface area contributed by atoms with Gasteiger partial charge in [0, 0.05) is 11.8 Å². The molecule has 0 aromatic heterocycles. The molecule has 0 aliphatic heterocycles. The second kappa shape index (κ2) is 6.73. The van der Waals surface area contributed by atoms with Crippen molar-refractivity contribution in [2.75, 3.05) is 0 Å². The first-order chi connectivity index (χ1) is 14.7. The highest BCUT2D eigenvalue weighted by Gasteiger charge is 2.71. The summed E-state index contributed by atoms with van der Waals surface area (Å²) in [5.74, 6) is 3.30. The quantitative estimate of drug-likeness (QED) is 0.438. The van der Waals surface area contributed by atoms with Crippen molar-refractivity contribution >= 4 is 5.78 Å². The number of fused-ring (bicyclic) bond motifs is 7. The molecule has 10 atom stereocenters. The van der Waals surface area contributed by atoms with Gasteiger partial charge in [0.25, 0.3) is 0 Å². The summed E-state index contributed by atoms with van der Waals surface area (Å²) in [6.07, 6.45) is 10.00. The Hall–Kier alpha value is -0.630. The highest BCUT2D eigenvalue weighted by molar-refractivity contribution is 5.87. The number of hydrogen-bond donors (Lipinski definition) is 1. The summed E-state index contributed by atoms with van der Waals surface area (Å²) < 4.78 is 0. The zero-order chi connectivity index (χ0) is 23.5. The van der Waals surface area contributed by atoms with E-state index in [2.05, 4.69) is 55.0 Å². The molecule has 180 valence electrons. The SMILES string of the molecule is C=C(C)[C@@H]1CC[C@]2(C)CC[C@]3(C)[C@H](CC[C@H]4[C@@]5(C)C(=O)C[C@H](O)C(C)(C)[C@H]5CC[C@]43C)[C@@H]12. The van der Waals surface area contributed by atoms with E-state index in [0.717, 1.165) is 18.3 Å². The minimum Gasteiger partial charge on any atom is -0.392 e. The minimum absolute atomic E-state index is 0.177. The van der Waals surface area contributed by atoms with Crippen LogP contribution in [0.3, 0.4) is 0 Å². The van der Waals surface area contributed by atoms with Gasteiger partial charge in [0.2, 0.25) is 0 Å². The van der Waals surface area contributed by atoms with E-state index in [1.807, 2.05) is 0 Å². The van der Waals surface area contributed by atoms with Crippen molar-refractivity contribution in [1.82, 2.24) is 0 Å². The van der Waals surface area contributed by atoms with E-state index in [4.69, 9.17) is 0 Å². The molecular weight excluding hydrogens is 392 g/mol. The Bertz CT molecular complexity index is 842. The molecule has 0 heterocycles. The van der Waals surface area contributed by atoms with Crippen molar-refractivity contribution in [3.63, 3.8) is 0 Å². The third-order valence-corrected chi connectivity index (χ3v) is 13.3. The van der Waals surface area contributed by atoms with Gasteiger partial charge in [0.05, 0.1) is 6.10 Å². The molecule has 32 heavy (non-hydrogen) atoms. The molecule has 5 aliphatic rings. The number of carbonyl (C=O) groups is 1. The van der Waals surface area contributed by atoms with Gasteiger partial charge in [-0.1, -0.05) is 53.7 Å². The van der Waals surface area contributed by atoms with Gasteiger partial charge in [-0.15, -0.1) is 0 Å². The lowest BCUT2D eigenvalue weighted by Gasteiger charge is -2.72. The molecule has 0 spiro atoms. The van der Waals surface area contributed by atoms with Crippen LogP contribution >= 0.6 is 0 Å². The Balaban J connectivity index is 1.57. The summed E-state index contributed by atoms with van der Waals surface area (Å²) in [7, 11) is 0. The summed E-state index contributed by atoms with van der Waals surface area (Å²) in [6, 6.07) is 0. The number of carbonyl (C=O) groups excluding carboxylic acids is 1. The van der Waals surface area contributed by atoms with Crippen LogP contribution in [0.25, 0.3) is 0 Å². The second-order valence-corrected chi connectivity index (χ2v) is 14.6. The van der Waals surface area contributed by atoms with Gasteiger partial charge in [-0.05, 0) is 110 Å². The fraction of sp³-hybridized carbons (Fsp3) is 0.900. The van der Waals surface area contributed by atoms with Crippen LogP contribution in [0.5, 0.6) is 0 Å². The molecule has 5 saturated carbocycles. The van der Waals surface area contributed by atoms with Crippen LogP contribution < -0.4 is 0 Å². The minimum atomic E-state index is -0.491. The molecule has 5 rings (SSSR count). The summed E-state index contributed by atoms with van der Waals surface area (Å²) in [5, 5.41) is 10.8. The Morgan fingerprint density at radius 3 is 2.22 bits per heavy atom. The van der Waals surface area contributed by atoms with Crippen LogP contribution in [0.15, 0.2) is 12.2 Å². The van der Waals surface area contributed by atoms with Crippen molar-refractivity contribution in [2.24, 2.45) is 56.7 Å². The van der Waals surface area contributed by atoms with Gasteiger partial charge in [-0.25, -0.2) is 0 Å². The number of ketones is 1. The molecule has 5 aliphatic carbocycles. The van der Waals surface area contributed by atoms with Crippen molar-refractivity contribution in [3.8, 4) is 0 Å². The van der Waals surface area contributed by atoms with E-state index in [9.17, 15) is 9.90 Å². The zero-order valence-electron chi connectivity index (χ0n) is 21.9. The summed E-state index contributed by atoms with van der Waals surface area (Å²) in [5.41, 5.74) is 1.93. The maximum atomic E-state index is 13.7. The average Bonchev–Trinajstić information content (AvgIpc) is 3.05. The molecule has 0 aromatic rings. The average molecular weight is 441 g/mol. The first kappa shape index (κ1) is 23.1. The smallest absolute Gasteiger partial charge is 0.141 e. The van der Waals surface area contributed by atoms with E-state index in [-0.39, 0.29) is 16.2 Å². The molecule has 2 nitrogen and oxygen atoms in total. The predicted octanol–water partition coefficient (Wildman–Crippen LogP) is 7.20. The lowest BCUT2D eigenvalue weighted by atomic mass is 9.32. The molecule has 0 aromatic carbocycles. The predicted molar refractivity (Wildman–Crippen MR) is 131 cm³/mol. The third kappa shape index (κ3) is 2.55. The maximum Gasteiger partial charge on any atom is 0.141 e.